The van der Waals surface area contributed by atoms with Crippen molar-refractivity contribution in [3.8, 4) is 11.5 Å². The molecule has 1 atom stereocenters. The number of hydrogen-bond acceptors (Lipinski definition) is 5. The number of benzene rings is 1. The van der Waals surface area contributed by atoms with Gasteiger partial charge in [-0.05, 0) is 63.8 Å². The number of aliphatic hydroxyl groups excluding tert-OH is 1. The SMILES string of the molecule is Cc1c(C)c2c(c(C)c1O)CCC(C)(C(=O)O)O2.NCCCO. The van der Waals surface area contributed by atoms with E-state index in [1.54, 1.807) is 6.92 Å². The van der Waals surface area contributed by atoms with E-state index >= 15 is 0 Å². The molecule has 0 spiro atoms. The number of carboxylic acid groups (broad SMARTS) is 1. The molecule has 1 aliphatic heterocycles. The van der Waals surface area contributed by atoms with Crippen molar-refractivity contribution in [2.45, 2.75) is 52.6 Å². The van der Waals surface area contributed by atoms with E-state index in [1.165, 1.54) is 0 Å². The van der Waals surface area contributed by atoms with Crippen molar-refractivity contribution < 1.29 is 24.9 Å². The smallest absolute Gasteiger partial charge is 0.347 e. The summed E-state index contributed by atoms with van der Waals surface area (Å²) in [7, 11) is 0. The molecule has 0 saturated heterocycles. The van der Waals surface area contributed by atoms with Crippen molar-refractivity contribution in [1.29, 1.82) is 0 Å². The molecule has 1 unspecified atom stereocenters. The average Bonchev–Trinajstić information content (AvgIpc) is 2.52. The van der Waals surface area contributed by atoms with Crippen LogP contribution in [0.15, 0.2) is 0 Å². The number of hydrogen-bond donors (Lipinski definition) is 4. The Kier molecular flexibility index (Phi) is 6.41. The van der Waals surface area contributed by atoms with Crippen LogP contribution in [-0.4, -0.2) is 40.0 Å². The fraction of sp³-hybridized carbons (Fsp3) is 0.588. The molecule has 6 nitrogen and oxygen atoms in total. The van der Waals surface area contributed by atoms with Gasteiger partial charge in [-0.3, -0.25) is 0 Å². The lowest BCUT2D eigenvalue weighted by molar-refractivity contribution is -0.155. The molecule has 23 heavy (non-hydrogen) atoms. The molecular weight excluding hydrogens is 298 g/mol. The summed E-state index contributed by atoms with van der Waals surface area (Å²) in [5.41, 5.74) is 7.09. The summed E-state index contributed by atoms with van der Waals surface area (Å²) in [4.78, 5) is 11.3. The number of ether oxygens (including phenoxy) is 1. The molecule has 2 rings (SSSR count). The summed E-state index contributed by atoms with van der Waals surface area (Å²) in [6, 6.07) is 0. The van der Waals surface area contributed by atoms with Gasteiger partial charge in [0.1, 0.15) is 11.5 Å². The van der Waals surface area contributed by atoms with E-state index in [-0.39, 0.29) is 12.4 Å². The molecule has 0 fully saturated rings. The van der Waals surface area contributed by atoms with Crippen LogP contribution in [-0.2, 0) is 11.2 Å². The minimum atomic E-state index is -1.17. The van der Waals surface area contributed by atoms with Gasteiger partial charge in [-0.2, -0.15) is 0 Å². The van der Waals surface area contributed by atoms with E-state index in [9.17, 15) is 15.0 Å². The number of fused-ring (bicyclic) bond motifs is 1. The highest BCUT2D eigenvalue weighted by molar-refractivity contribution is 5.78. The first kappa shape index (κ1) is 19.3. The monoisotopic (exact) mass is 325 g/mol. The van der Waals surface area contributed by atoms with E-state index in [2.05, 4.69) is 0 Å². The summed E-state index contributed by atoms with van der Waals surface area (Å²) in [5.74, 6) is -0.0383. The average molecular weight is 325 g/mol. The number of carbonyl (C=O) groups is 1. The second-order valence-corrected chi connectivity index (χ2v) is 6.04. The first-order valence-electron chi connectivity index (χ1n) is 7.74. The molecule has 130 valence electrons. The van der Waals surface area contributed by atoms with Crippen LogP contribution in [0.2, 0.25) is 0 Å². The van der Waals surface area contributed by atoms with Crippen molar-refractivity contribution in [3.05, 3.63) is 22.3 Å². The van der Waals surface area contributed by atoms with Crippen LogP contribution in [0.3, 0.4) is 0 Å². The molecule has 1 aromatic rings. The lowest BCUT2D eigenvalue weighted by Crippen LogP contribution is -2.44. The van der Waals surface area contributed by atoms with Gasteiger partial charge < -0.3 is 25.8 Å². The maximum atomic E-state index is 11.3. The van der Waals surface area contributed by atoms with Gasteiger partial charge in [0.2, 0.25) is 5.60 Å². The van der Waals surface area contributed by atoms with Crippen LogP contribution in [0.1, 0.15) is 42.0 Å². The largest absolute Gasteiger partial charge is 0.507 e. The van der Waals surface area contributed by atoms with Crippen LogP contribution >= 0.6 is 0 Å². The Morgan fingerprint density at radius 3 is 2.30 bits per heavy atom. The normalized spacial score (nSPS) is 19.2. The van der Waals surface area contributed by atoms with Gasteiger partial charge in [-0.25, -0.2) is 4.79 Å². The van der Waals surface area contributed by atoms with Crippen LogP contribution in [0.4, 0.5) is 0 Å². The van der Waals surface area contributed by atoms with Crippen molar-refractivity contribution in [3.63, 3.8) is 0 Å². The van der Waals surface area contributed by atoms with Crippen molar-refractivity contribution >= 4 is 5.97 Å². The first-order valence-corrected chi connectivity index (χ1v) is 7.74. The highest BCUT2D eigenvalue weighted by atomic mass is 16.5. The molecule has 0 aliphatic carbocycles. The summed E-state index contributed by atoms with van der Waals surface area (Å²) < 4.78 is 5.72. The molecule has 1 aromatic carbocycles. The highest BCUT2D eigenvalue weighted by Gasteiger charge is 2.40. The summed E-state index contributed by atoms with van der Waals surface area (Å²) in [6.45, 7) is 7.91. The Morgan fingerprint density at radius 2 is 1.87 bits per heavy atom. The maximum Gasteiger partial charge on any atom is 0.347 e. The third-order valence-electron chi connectivity index (χ3n) is 4.33. The van der Waals surface area contributed by atoms with Gasteiger partial charge in [0, 0.05) is 18.6 Å². The van der Waals surface area contributed by atoms with Gasteiger partial charge in [0.05, 0.1) is 0 Å². The van der Waals surface area contributed by atoms with Crippen molar-refractivity contribution in [1.82, 2.24) is 0 Å². The molecule has 0 saturated carbocycles. The molecule has 0 aromatic heterocycles. The number of carboxylic acids is 1. The zero-order chi connectivity index (χ0) is 17.8. The van der Waals surface area contributed by atoms with Gasteiger partial charge in [0.25, 0.3) is 0 Å². The van der Waals surface area contributed by atoms with Crippen LogP contribution in [0.25, 0.3) is 0 Å². The number of aliphatic hydroxyl groups is 1. The molecule has 0 radical (unpaired) electrons. The second-order valence-electron chi connectivity index (χ2n) is 6.04. The van der Waals surface area contributed by atoms with Crippen molar-refractivity contribution in [2.24, 2.45) is 5.73 Å². The van der Waals surface area contributed by atoms with E-state index in [0.717, 1.165) is 28.7 Å². The lowest BCUT2D eigenvalue weighted by atomic mass is 9.87. The number of aromatic hydroxyl groups is 1. The minimum absolute atomic E-state index is 0.219. The summed E-state index contributed by atoms with van der Waals surface area (Å²) >= 11 is 0. The predicted octanol–water partition coefficient (Wildman–Crippen LogP) is 1.81. The Labute approximate surface area is 136 Å². The molecule has 5 N–H and O–H groups in total. The van der Waals surface area contributed by atoms with Crippen LogP contribution in [0.5, 0.6) is 11.5 Å². The standard InChI is InChI=1S/C14H18O4.C3H9NO/c1-7-8(2)12-10(9(3)11(7)15)5-6-14(4,18-12)13(16)17;4-2-1-3-5/h15H,5-6H2,1-4H3,(H,16,17);5H,1-4H2. The number of phenols is 1. The summed E-state index contributed by atoms with van der Waals surface area (Å²) in [6.07, 6.45) is 1.75. The third-order valence-corrected chi connectivity index (χ3v) is 4.33. The zero-order valence-corrected chi connectivity index (χ0v) is 14.3. The number of aliphatic carboxylic acids is 1. The molecule has 1 heterocycles. The van der Waals surface area contributed by atoms with E-state index in [0.29, 0.717) is 25.1 Å². The number of phenolic OH excluding ortho intramolecular Hbond substituents is 1. The van der Waals surface area contributed by atoms with E-state index < -0.39 is 11.6 Å². The number of rotatable bonds is 3. The third kappa shape index (κ3) is 3.95. The minimum Gasteiger partial charge on any atom is -0.507 e. The van der Waals surface area contributed by atoms with Gasteiger partial charge >= 0.3 is 5.97 Å². The van der Waals surface area contributed by atoms with Crippen LogP contribution < -0.4 is 10.5 Å². The quantitative estimate of drug-likeness (QED) is 0.674. The van der Waals surface area contributed by atoms with Gasteiger partial charge in [-0.15, -0.1) is 0 Å². The molecular formula is C17H27NO5. The Hall–Kier alpha value is -1.79. The maximum absolute atomic E-state index is 11.3. The molecule has 1 aliphatic rings. The van der Waals surface area contributed by atoms with E-state index in [4.69, 9.17) is 15.6 Å². The Morgan fingerprint density at radius 1 is 1.26 bits per heavy atom. The number of nitrogens with two attached hydrogens (primary N) is 1. The zero-order valence-electron chi connectivity index (χ0n) is 14.3. The predicted molar refractivity (Wildman–Crippen MR) is 88.1 cm³/mol. The fourth-order valence-electron chi connectivity index (χ4n) is 2.49. The molecule has 0 amide bonds. The topological polar surface area (TPSA) is 113 Å². The Balaban J connectivity index is 0.000000463. The van der Waals surface area contributed by atoms with Gasteiger partial charge in [-0.1, -0.05) is 0 Å². The summed E-state index contributed by atoms with van der Waals surface area (Å²) in [5, 5.41) is 27.2. The highest BCUT2D eigenvalue weighted by Crippen LogP contribution is 2.43. The first-order chi connectivity index (χ1) is 10.7. The van der Waals surface area contributed by atoms with Crippen molar-refractivity contribution in [2.75, 3.05) is 13.2 Å². The van der Waals surface area contributed by atoms with E-state index in [1.807, 2.05) is 20.8 Å². The second kappa shape index (κ2) is 7.66. The van der Waals surface area contributed by atoms with Gasteiger partial charge in [0.15, 0.2) is 0 Å². The lowest BCUT2D eigenvalue weighted by Gasteiger charge is -2.34. The Bertz CT molecular complexity index is 583. The molecule has 6 heteroatoms. The van der Waals surface area contributed by atoms with Crippen LogP contribution in [0, 0.1) is 20.8 Å². The molecule has 0 bridgehead atoms. The fourth-order valence-corrected chi connectivity index (χ4v) is 2.49.